The minimum absolute atomic E-state index is 0.0700. The van der Waals surface area contributed by atoms with Gasteiger partial charge in [-0.3, -0.25) is 14.5 Å². The van der Waals surface area contributed by atoms with Gasteiger partial charge in [-0.15, -0.1) is 0 Å². The molecule has 2 rings (SSSR count). The van der Waals surface area contributed by atoms with E-state index in [-0.39, 0.29) is 5.56 Å². The third-order valence-corrected chi connectivity index (χ3v) is 3.18. The lowest BCUT2D eigenvalue weighted by Gasteiger charge is -2.12. The molecule has 16 heavy (non-hydrogen) atoms. The zero-order valence-corrected chi connectivity index (χ0v) is 10.1. The molecule has 0 aromatic carbocycles. The van der Waals surface area contributed by atoms with Crippen molar-refractivity contribution in [1.82, 2.24) is 14.8 Å². The number of nitrogens with one attached hydrogen (secondary N) is 1. The average Bonchev–Trinajstić information content (AvgIpc) is 2.31. The van der Waals surface area contributed by atoms with Crippen molar-refractivity contribution in [2.75, 3.05) is 0 Å². The summed E-state index contributed by atoms with van der Waals surface area (Å²) in [6.07, 6.45) is 6.43. The molecular weight excluding hydrogens is 222 g/mol. The van der Waals surface area contributed by atoms with Gasteiger partial charge in [0.25, 0.3) is 5.56 Å². The molecule has 5 heteroatoms. The van der Waals surface area contributed by atoms with Crippen molar-refractivity contribution in [2.24, 2.45) is 0 Å². The van der Waals surface area contributed by atoms with E-state index >= 15 is 0 Å². The first-order chi connectivity index (χ1) is 7.74. The molecule has 4 nitrogen and oxygen atoms in total. The molecule has 0 radical (unpaired) electrons. The number of aromatic nitrogens is 3. The largest absolute Gasteiger partial charge is 0.283 e. The molecule has 1 aromatic rings. The molecule has 1 aliphatic carbocycles. The Kier molecular flexibility index (Phi) is 3.33. The van der Waals surface area contributed by atoms with E-state index in [2.05, 4.69) is 16.3 Å². The van der Waals surface area contributed by atoms with Crippen LogP contribution in [0, 0.1) is 4.77 Å². The molecule has 0 saturated carbocycles. The van der Waals surface area contributed by atoms with Crippen LogP contribution in [0.5, 0.6) is 0 Å². The topological polar surface area (TPSA) is 50.7 Å². The standard InChI is InChI=1S/C11H15N3OS/c1-2-14-10(15)9(12-13-11(14)16)8-6-4-3-5-7-8/h6H,2-5,7H2,1H3,(H,13,16). The van der Waals surface area contributed by atoms with E-state index in [4.69, 9.17) is 12.2 Å². The van der Waals surface area contributed by atoms with Crippen LogP contribution in [0.4, 0.5) is 0 Å². The van der Waals surface area contributed by atoms with Gasteiger partial charge in [-0.1, -0.05) is 6.08 Å². The van der Waals surface area contributed by atoms with Crippen LogP contribution < -0.4 is 5.56 Å². The maximum Gasteiger partial charge on any atom is 0.280 e. The van der Waals surface area contributed by atoms with Gasteiger partial charge >= 0.3 is 0 Å². The van der Waals surface area contributed by atoms with Gasteiger partial charge in [-0.25, -0.2) is 0 Å². The summed E-state index contributed by atoms with van der Waals surface area (Å²) in [5.74, 6) is 0. The number of rotatable bonds is 2. The number of H-pyrrole nitrogens is 1. The Labute approximate surface area is 99.0 Å². The van der Waals surface area contributed by atoms with Crippen molar-refractivity contribution in [3.63, 3.8) is 0 Å². The molecule has 1 aliphatic rings. The van der Waals surface area contributed by atoms with E-state index in [1.165, 1.54) is 6.42 Å². The zero-order chi connectivity index (χ0) is 11.5. The van der Waals surface area contributed by atoms with Crippen LogP contribution in [0.1, 0.15) is 38.3 Å². The lowest BCUT2D eigenvalue weighted by Crippen LogP contribution is -2.26. The van der Waals surface area contributed by atoms with E-state index in [0.29, 0.717) is 17.0 Å². The Morgan fingerprint density at radius 3 is 3.00 bits per heavy atom. The maximum absolute atomic E-state index is 12.1. The van der Waals surface area contributed by atoms with Crippen LogP contribution in [0.2, 0.25) is 0 Å². The number of allylic oxidation sites excluding steroid dienone is 2. The molecule has 0 fully saturated rings. The van der Waals surface area contributed by atoms with Gasteiger partial charge in [0.15, 0.2) is 10.5 Å². The molecule has 0 bridgehead atoms. The predicted molar refractivity (Wildman–Crippen MR) is 65.8 cm³/mol. The Hall–Kier alpha value is -1.23. The fourth-order valence-electron chi connectivity index (χ4n) is 1.98. The normalized spacial score (nSPS) is 15.9. The Bertz CT molecular complexity index is 527. The van der Waals surface area contributed by atoms with Gasteiger partial charge in [-0.05, 0) is 50.4 Å². The van der Waals surface area contributed by atoms with Crippen LogP contribution in [0.15, 0.2) is 10.9 Å². The molecule has 0 aliphatic heterocycles. The third kappa shape index (κ3) is 2.00. The molecule has 0 saturated heterocycles. The summed E-state index contributed by atoms with van der Waals surface area (Å²) in [7, 11) is 0. The van der Waals surface area contributed by atoms with Gasteiger partial charge in [0, 0.05) is 6.54 Å². The molecule has 1 heterocycles. The van der Waals surface area contributed by atoms with Crippen LogP contribution >= 0.6 is 12.2 Å². The summed E-state index contributed by atoms with van der Waals surface area (Å²) in [5, 5.41) is 6.82. The van der Waals surface area contributed by atoms with Gasteiger partial charge < -0.3 is 0 Å². The van der Waals surface area contributed by atoms with Crippen molar-refractivity contribution >= 4 is 17.8 Å². The molecule has 0 atom stereocenters. The van der Waals surface area contributed by atoms with Gasteiger partial charge in [0.1, 0.15) is 0 Å². The second-order valence-corrected chi connectivity index (χ2v) is 4.29. The Morgan fingerprint density at radius 2 is 2.38 bits per heavy atom. The average molecular weight is 237 g/mol. The minimum atomic E-state index is -0.0700. The van der Waals surface area contributed by atoms with Crippen molar-refractivity contribution in [2.45, 2.75) is 39.2 Å². The van der Waals surface area contributed by atoms with Gasteiger partial charge in [-0.2, -0.15) is 5.10 Å². The van der Waals surface area contributed by atoms with Crippen LogP contribution in [-0.2, 0) is 6.54 Å². The van der Waals surface area contributed by atoms with E-state index in [9.17, 15) is 4.79 Å². The highest BCUT2D eigenvalue weighted by atomic mass is 32.1. The molecular formula is C11H15N3OS. The third-order valence-electron chi connectivity index (χ3n) is 2.87. The molecule has 0 amide bonds. The lowest BCUT2D eigenvalue weighted by atomic mass is 9.97. The summed E-state index contributed by atoms with van der Waals surface area (Å²) < 4.78 is 1.94. The zero-order valence-electron chi connectivity index (χ0n) is 9.32. The fourth-order valence-corrected chi connectivity index (χ4v) is 2.24. The van der Waals surface area contributed by atoms with Gasteiger partial charge in [0.05, 0.1) is 0 Å². The smallest absolute Gasteiger partial charge is 0.280 e. The summed E-state index contributed by atoms with van der Waals surface area (Å²) in [6.45, 7) is 2.49. The summed E-state index contributed by atoms with van der Waals surface area (Å²) in [6, 6.07) is 0. The van der Waals surface area contributed by atoms with Crippen LogP contribution in [0.3, 0.4) is 0 Å². The first-order valence-electron chi connectivity index (χ1n) is 5.63. The molecule has 0 unspecified atom stereocenters. The van der Waals surface area contributed by atoms with Crippen LogP contribution in [-0.4, -0.2) is 14.8 Å². The van der Waals surface area contributed by atoms with E-state index in [1.807, 2.05) is 6.92 Å². The number of hydrogen-bond donors (Lipinski definition) is 1. The number of aromatic amines is 1. The highest BCUT2D eigenvalue weighted by Crippen LogP contribution is 2.22. The summed E-state index contributed by atoms with van der Waals surface area (Å²) >= 11 is 5.03. The van der Waals surface area contributed by atoms with E-state index in [0.717, 1.165) is 24.8 Å². The quantitative estimate of drug-likeness (QED) is 0.803. The Balaban J connectivity index is 2.54. The minimum Gasteiger partial charge on any atom is -0.283 e. The van der Waals surface area contributed by atoms with Crippen molar-refractivity contribution < 1.29 is 0 Å². The monoisotopic (exact) mass is 237 g/mol. The van der Waals surface area contributed by atoms with Gasteiger partial charge in [0.2, 0.25) is 0 Å². The van der Waals surface area contributed by atoms with Crippen molar-refractivity contribution in [3.05, 3.63) is 26.9 Å². The maximum atomic E-state index is 12.1. The second-order valence-electron chi connectivity index (χ2n) is 3.90. The van der Waals surface area contributed by atoms with Crippen molar-refractivity contribution in [3.8, 4) is 0 Å². The molecule has 1 N–H and O–H groups in total. The predicted octanol–water partition coefficient (Wildman–Crippen LogP) is 2.28. The highest BCUT2D eigenvalue weighted by Gasteiger charge is 2.13. The first-order valence-corrected chi connectivity index (χ1v) is 6.03. The molecule has 0 spiro atoms. The van der Waals surface area contributed by atoms with E-state index in [1.54, 1.807) is 4.57 Å². The first kappa shape index (κ1) is 11.3. The highest BCUT2D eigenvalue weighted by molar-refractivity contribution is 7.71. The SMILES string of the molecule is CCn1c(=S)[nH]nc(C2=CCCCC2)c1=O. The molecule has 86 valence electrons. The summed E-state index contributed by atoms with van der Waals surface area (Å²) in [4.78, 5) is 12.1. The number of nitrogens with zero attached hydrogens (tertiary/aromatic N) is 2. The summed E-state index contributed by atoms with van der Waals surface area (Å²) in [5.41, 5.74) is 1.53. The number of hydrogen-bond acceptors (Lipinski definition) is 3. The van der Waals surface area contributed by atoms with Crippen LogP contribution in [0.25, 0.3) is 5.57 Å². The lowest BCUT2D eigenvalue weighted by molar-refractivity contribution is 0.656. The van der Waals surface area contributed by atoms with E-state index < -0.39 is 0 Å². The second kappa shape index (κ2) is 4.74. The fraction of sp³-hybridized carbons (Fsp3) is 0.545. The molecule has 1 aromatic heterocycles. The Morgan fingerprint density at radius 1 is 1.56 bits per heavy atom. The van der Waals surface area contributed by atoms with Crippen molar-refractivity contribution in [1.29, 1.82) is 0 Å².